The molecule has 1 unspecified atom stereocenters. The molecule has 0 aliphatic heterocycles. The maximum absolute atomic E-state index is 6.21. The molecule has 0 fully saturated rings. The Morgan fingerprint density at radius 3 is 2.47 bits per heavy atom. The molecule has 4 nitrogen and oxygen atoms in total. The number of hydrogen-bond donors (Lipinski definition) is 2. The van der Waals surface area contributed by atoms with Gasteiger partial charge in [-0.05, 0) is 32.1 Å². The Kier molecular flexibility index (Phi) is 5.43. The summed E-state index contributed by atoms with van der Waals surface area (Å²) in [5.74, 6) is 6.28. The fraction of sp³-hybridized carbons (Fsp3) is 0.750. The van der Waals surface area contributed by atoms with Gasteiger partial charge in [0.15, 0.2) is 0 Å². The predicted octanol–water partition coefficient (Wildman–Crippen LogP) is 2.19. The van der Waals surface area contributed by atoms with Crippen LogP contribution in [0.5, 0.6) is 0 Å². The molecule has 1 aromatic heterocycles. The van der Waals surface area contributed by atoms with Crippen LogP contribution >= 0.6 is 11.6 Å². The van der Waals surface area contributed by atoms with Crippen molar-refractivity contribution in [1.82, 2.24) is 15.2 Å². The first kappa shape index (κ1) is 14.5. The molecule has 0 aromatic carbocycles. The Balaban J connectivity index is 2.67. The highest BCUT2D eigenvalue weighted by Crippen LogP contribution is 2.21. The molecule has 3 N–H and O–H groups in total. The maximum atomic E-state index is 6.21. The van der Waals surface area contributed by atoms with E-state index in [9.17, 15) is 0 Å². The highest BCUT2D eigenvalue weighted by atomic mass is 35.5. The number of nitrogens with zero attached hydrogens (tertiary/aromatic N) is 2. The lowest BCUT2D eigenvalue weighted by atomic mass is 9.98. The average molecular weight is 259 g/mol. The minimum Gasteiger partial charge on any atom is -0.271 e. The first-order chi connectivity index (χ1) is 7.95. The maximum Gasteiger partial charge on any atom is 0.130 e. The molecule has 17 heavy (non-hydrogen) atoms. The number of aromatic nitrogens is 2. The van der Waals surface area contributed by atoms with E-state index in [0.717, 1.165) is 30.5 Å². The number of rotatable bonds is 6. The number of aryl methyl sites for hydroxylation is 2. The molecule has 0 saturated carbocycles. The van der Waals surface area contributed by atoms with E-state index in [1.807, 2.05) is 14.0 Å². The van der Waals surface area contributed by atoms with Crippen LogP contribution in [0.25, 0.3) is 0 Å². The summed E-state index contributed by atoms with van der Waals surface area (Å²) in [4.78, 5) is 0. The largest absolute Gasteiger partial charge is 0.271 e. The molecule has 0 bridgehead atoms. The summed E-state index contributed by atoms with van der Waals surface area (Å²) in [7, 11) is 1.86. The standard InChI is InChI=1S/C12H23ClN4/c1-8(2)5-6-10(15-14)7-11-9(3)16-17(4)12(11)13/h8,10,15H,5-7,14H2,1-4H3. The van der Waals surface area contributed by atoms with Gasteiger partial charge in [0.1, 0.15) is 5.15 Å². The predicted molar refractivity (Wildman–Crippen MR) is 71.8 cm³/mol. The zero-order valence-corrected chi connectivity index (χ0v) is 11.9. The summed E-state index contributed by atoms with van der Waals surface area (Å²) >= 11 is 6.21. The van der Waals surface area contributed by atoms with E-state index in [4.69, 9.17) is 17.4 Å². The zero-order chi connectivity index (χ0) is 13.0. The number of hydrazine groups is 1. The van der Waals surface area contributed by atoms with Crippen LogP contribution in [0.3, 0.4) is 0 Å². The van der Waals surface area contributed by atoms with Crippen LogP contribution in [0.4, 0.5) is 0 Å². The third-order valence-electron chi connectivity index (χ3n) is 3.05. The van der Waals surface area contributed by atoms with Gasteiger partial charge in [-0.1, -0.05) is 25.4 Å². The lowest BCUT2D eigenvalue weighted by molar-refractivity contribution is 0.434. The molecule has 1 heterocycles. The molecule has 1 atom stereocenters. The van der Waals surface area contributed by atoms with Crippen molar-refractivity contribution in [3.8, 4) is 0 Å². The van der Waals surface area contributed by atoms with Gasteiger partial charge in [-0.25, -0.2) is 0 Å². The number of hydrogen-bond acceptors (Lipinski definition) is 3. The minimum absolute atomic E-state index is 0.262. The third-order valence-corrected chi connectivity index (χ3v) is 3.52. The lowest BCUT2D eigenvalue weighted by Gasteiger charge is -2.16. The second kappa shape index (κ2) is 6.38. The summed E-state index contributed by atoms with van der Waals surface area (Å²) in [6.07, 6.45) is 3.05. The number of nitrogens with one attached hydrogen (secondary N) is 1. The number of nitrogens with two attached hydrogens (primary N) is 1. The molecule has 0 aliphatic rings. The van der Waals surface area contributed by atoms with Crippen molar-refractivity contribution in [2.75, 3.05) is 0 Å². The van der Waals surface area contributed by atoms with Crippen LogP contribution in [0.2, 0.25) is 5.15 Å². The van der Waals surface area contributed by atoms with Crippen molar-refractivity contribution in [2.24, 2.45) is 18.8 Å². The molecule has 0 saturated heterocycles. The molecule has 1 rings (SSSR count). The summed E-state index contributed by atoms with van der Waals surface area (Å²) in [5.41, 5.74) is 4.96. The molecule has 1 aromatic rings. The van der Waals surface area contributed by atoms with E-state index in [1.54, 1.807) is 4.68 Å². The Labute approximate surface area is 108 Å². The summed E-state index contributed by atoms with van der Waals surface area (Å²) in [6.45, 7) is 6.42. The van der Waals surface area contributed by atoms with Gasteiger partial charge in [-0.2, -0.15) is 5.10 Å². The molecule has 0 amide bonds. The van der Waals surface area contributed by atoms with Gasteiger partial charge < -0.3 is 0 Å². The summed E-state index contributed by atoms with van der Waals surface area (Å²) in [6, 6.07) is 0.262. The van der Waals surface area contributed by atoms with Crippen molar-refractivity contribution >= 4 is 11.6 Å². The van der Waals surface area contributed by atoms with Crippen molar-refractivity contribution in [3.63, 3.8) is 0 Å². The Morgan fingerprint density at radius 2 is 2.06 bits per heavy atom. The van der Waals surface area contributed by atoms with Crippen LogP contribution in [0, 0.1) is 12.8 Å². The highest BCUT2D eigenvalue weighted by molar-refractivity contribution is 6.30. The fourth-order valence-corrected chi connectivity index (χ4v) is 2.18. The summed E-state index contributed by atoms with van der Waals surface area (Å²) < 4.78 is 1.71. The molecule has 0 spiro atoms. The fourth-order valence-electron chi connectivity index (χ4n) is 1.93. The summed E-state index contributed by atoms with van der Waals surface area (Å²) in [5, 5.41) is 5.02. The smallest absolute Gasteiger partial charge is 0.130 e. The van der Waals surface area contributed by atoms with Gasteiger partial charge in [0.2, 0.25) is 0 Å². The Bertz CT molecular complexity index is 360. The van der Waals surface area contributed by atoms with Gasteiger partial charge in [0, 0.05) is 18.7 Å². The van der Waals surface area contributed by atoms with Crippen LogP contribution in [-0.4, -0.2) is 15.8 Å². The normalized spacial score (nSPS) is 13.4. The Morgan fingerprint density at radius 1 is 1.41 bits per heavy atom. The minimum atomic E-state index is 0.262. The SMILES string of the molecule is Cc1nn(C)c(Cl)c1CC(CCC(C)C)NN. The van der Waals surface area contributed by atoms with Crippen LogP contribution < -0.4 is 11.3 Å². The van der Waals surface area contributed by atoms with Gasteiger partial charge in [0.05, 0.1) is 5.69 Å². The molecule has 0 aliphatic carbocycles. The van der Waals surface area contributed by atoms with Crippen LogP contribution in [0.15, 0.2) is 0 Å². The van der Waals surface area contributed by atoms with Gasteiger partial charge in [0.25, 0.3) is 0 Å². The van der Waals surface area contributed by atoms with E-state index in [0.29, 0.717) is 11.1 Å². The highest BCUT2D eigenvalue weighted by Gasteiger charge is 2.16. The monoisotopic (exact) mass is 258 g/mol. The van der Waals surface area contributed by atoms with Crippen molar-refractivity contribution in [1.29, 1.82) is 0 Å². The second-order valence-electron chi connectivity index (χ2n) is 5.02. The topological polar surface area (TPSA) is 55.9 Å². The van der Waals surface area contributed by atoms with E-state index in [-0.39, 0.29) is 6.04 Å². The van der Waals surface area contributed by atoms with Gasteiger partial charge >= 0.3 is 0 Å². The second-order valence-corrected chi connectivity index (χ2v) is 5.38. The quantitative estimate of drug-likeness (QED) is 0.608. The lowest BCUT2D eigenvalue weighted by Crippen LogP contribution is -2.37. The van der Waals surface area contributed by atoms with Gasteiger partial charge in [-0.3, -0.25) is 16.0 Å². The van der Waals surface area contributed by atoms with E-state index in [1.165, 1.54) is 0 Å². The third kappa shape index (κ3) is 3.98. The molecular weight excluding hydrogens is 236 g/mol. The first-order valence-corrected chi connectivity index (χ1v) is 6.47. The Hall–Kier alpha value is -0.580. The van der Waals surface area contributed by atoms with Crippen molar-refractivity contribution in [2.45, 2.75) is 46.1 Å². The number of halogens is 1. The average Bonchev–Trinajstić information content (AvgIpc) is 2.49. The molecule has 5 heteroatoms. The van der Waals surface area contributed by atoms with Gasteiger partial charge in [-0.15, -0.1) is 0 Å². The zero-order valence-electron chi connectivity index (χ0n) is 11.1. The van der Waals surface area contributed by atoms with Crippen LogP contribution in [0.1, 0.15) is 37.9 Å². The van der Waals surface area contributed by atoms with Crippen molar-refractivity contribution in [3.05, 3.63) is 16.4 Å². The van der Waals surface area contributed by atoms with E-state index >= 15 is 0 Å². The molecule has 98 valence electrons. The molecular formula is C12H23ClN4. The van der Waals surface area contributed by atoms with E-state index in [2.05, 4.69) is 24.4 Å². The molecule has 0 radical (unpaired) electrons. The first-order valence-electron chi connectivity index (χ1n) is 6.09. The van der Waals surface area contributed by atoms with E-state index < -0.39 is 0 Å². The van der Waals surface area contributed by atoms with Crippen LogP contribution in [-0.2, 0) is 13.5 Å². The van der Waals surface area contributed by atoms with Crippen molar-refractivity contribution < 1.29 is 0 Å².